The quantitative estimate of drug-likeness (QED) is 0.811. The Hall–Kier alpha value is -0.550. The van der Waals surface area contributed by atoms with E-state index in [1.807, 2.05) is 13.2 Å². The molecule has 2 N–H and O–H groups in total. The van der Waals surface area contributed by atoms with Crippen molar-refractivity contribution in [2.45, 2.75) is 38.0 Å². The van der Waals surface area contributed by atoms with Gasteiger partial charge in [0.15, 0.2) is 5.82 Å². The highest BCUT2D eigenvalue weighted by molar-refractivity contribution is 7.97. The molecule has 14 heavy (non-hydrogen) atoms. The molecule has 1 aromatic heterocycles. The third kappa shape index (κ3) is 2.72. The fourth-order valence-corrected chi connectivity index (χ4v) is 1.55. The Bertz CT molecular complexity index is 277. The molecule has 0 saturated carbocycles. The highest BCUT2D eigenvalue weighted by Gasteiger charge is 2.19. The molecule has 0 saturated heterocycles. The molecule has 2 atom stereocenters. The minimum Gasteiger partial charge on any atom is -0.339 e. The van der Waals surface area contributed by atoms with Gasteiger partial charge in [0.25, 0.3) is 0 Å². The summed E-state index contributed by atoms with van der Waals surface area (Å²) < 4.78 is 5.15. The molecule has 1 heterocycles. The third-order valence-electron chi connectivity index (χ3n) is 2.26. The van der Waals surface area contributed by atoms with Crippen molar-refractivity contribution < 1.29 is 4.52 Å². The van der Waals surface area contributed by atoms with Crippen LogP contribution in [0.4, 0.5) is 0 Å². The zero-order valence-corrected chi connectivity index (χ0v) is 9.67. The second kappa shape index (κ2) is 5.36. The molecule has 0 aliphatic rings. The van der Waals surface area contributed by atoms with E-state index in [2.05, 4.69) is 17.1 Å². The van der Waals surface area contributed by atoms with Crippen molar-refractivity contribution in [3.63, 3.8) is 0 Å². The fourth-order valence-electron chi connectivity index (χ4n) is 1.18. The van der Waals surface area contributed by atoms with E-state index < -0.39 is 0 Å². The third-order valence-corrected chi connectivity index (χ3v) is 2.81. The summed E-state index contributed by atoms with van der Waals surface area (Å²) in [4.78, 5) is 4.29. The maximum atomic E-state index is 5.90. The molecule has 0 amide bonds. The topological polar surface area (TPSA) is 64.9 Å². The molecular formula is C9H17N3OS. The standard InChI is InChI=1S/C9H17N3OS/c1-4-7(10)6(2)9-11-8(5-14-3)12-13-9/h6-7H,4-5,10H2,1-3H3. The lowest BCUT2D eigenvalue weighted by atomic mass is 10.0. The number of hydrogen-bond donors (Lipinski definition) is 1. The number of nitrogens with two attached hydrogens (primary N) is 1. The summed E-state index contributed by atoms with van der Waals surface area (Å²) in [6.07, 6.45) is 2.93. The van der Waals surface area contributed by atoms with E-state index in [0.717, 1.165) is 18.0 Å². The normalized spacial score (nSPS) is 15.4. The largest absolute Gasteiger partial charge is 0.339 e. The lowest BCUT2D eigenvalue weighted by molar-refractivity contribution is 0.337. The SMILES string of the molecule is CCC(N)C(C)c1nc(CSC)no1. The van der Waals surface area contributed by atoms with Gasteiger partial charge in [0.1, 0.15) is 0 Å². The molecule has 0 bridgehead atoms. The van der Waals surface area contributed by atoms with E-state index in [-0.39, 0.29) is 12.0 Å². The van der Waals surface area contributed by atoms with Gasteiger partial charge in [-0.3, -0.25) is 0 Å². The van der Waals surface area contributed by atoms with Crippen molar-refractivity contribution in [2.24, 2.45) is 5.73 Å². The summed E-state index contributed by atoms with van der Waals surface area (Å²) >= 11 is 1.68. The van der Waals surface area contributed by atoms with Crippen molar-refractivity contribution in [1.29, 1.82) is 0 Å². The van der Waals surface area contributed by atoms with Crippen molar-refractivity contribution in [1.82, 2.24) is 10.1 Å². The maximum Gasteiger partial charge on any atom is 0.231 e. The summed E-state index contributed by atoms with van der Waals surface area (Å²) in [6, 6.07) is 0.0950. The molecule has 80 valence electrons. The number of nitrogens with zero attached hydrogens (tertiary/aromatic N) is 2. The van der Waals surface area contributed by atoms with Gasteiger partial charge in [-0.15, -0.1) is 0 Å². The summed E-state index contributed by atoms with van der Waals surface area (Å²) in [5, 5.41) is 3.88. The Morgan fingerprint density at radius 3 is 2.86 bits per heavy atom. The van der Waals surface area contributed by atoms with E-state index in [0.29, 0.717) is 5.89 Å². The maximum absolute atomic E-state index is 5.90. The van der Waals surface area contributed by atoms with Crippen LogP contribution in [0.25, 0.3) is 0 Å². The van der Waals surface area contributed by atoms with E-state index in [1.165, 1.54) is 0 Å². The van der Waals surface area contributed by atoms with Crippen LogP contribution < -0.4 is 5.73 Å². The van der Waals surface area contributed by atoms with Gasteiger partial charge in [-0.25, -0.2) is 0 Å². The molecule has 0 radical (unpaired) electrons. The summed E-state index contributed by atoms with van der Waals surface area (Å²) in [5.74, 6) is 2.34. The molecule has 4 nitrogen and oxygen atoms in total. The van der Waals surface area contributed by atoms with Gasteiger partial charge in [-0.2, -0.15) is 16.7 Å². The van der Waals surface area contributed by atoms with Gasteiger partial charge in [-0.1, -0.05) is 19.0 Å². The van der Waals surface area contributed by atoms with Crippen molar-refractivity contribution in [3.05, 3.63) is 11.7 Å². The second-order valence-electron chi connectivity index (χ2n) is 3.34. The lowest BCUT2D eigenvalue weighted by Crippen LogP contribution is -2.25. The van der Waals surface area contributed by atoms with E-state index in [9.17, 15) is 0 Å². The summed E-state index contributed by atoms with van der Waals surface area (Å²) in [5.41, 5.74) is 5.90. The van der Waals surface area contributed by atoms with Crippen LogP contribution in [0.1, 0.15) is 37.9 Å². The van der Waals surface area contributed by atoms with E-state index in [4.69, 9.17) is 10.3 Å². The fraction of sp³-hybridized carbons (Fsp3) is 0.778. The zero-order chi connectivity index (χ0) is 10.6. The van der Waals surface area contributed by atoms with Crippen LogP contribution in [-0.4, -0.2) is 22.4 Å². The van der Waals surface area contributed by atoms with Gasteiger partial charge < -0.3 is 10.3 Å². The van der Waals surface area contributed by atoms with Crippen molar-refractivity contribution in [2.75, 3.05) is 6.26 Å². The molecule has 0 aliphatic heterocycles. The highest BCUT2D eigenvalue weighted by atomic mass is 32.2. The minimum atomic E-state index is 0.0950. The van der Waals surface area contributed by atoms with E-state index >= 15 is 0 Å². The lowest BCUT2D eigenvalue weighted by Gasteiger charge is -2.13. The first kappa shape index (κ1) is 11.5. The van der Waals surface area contributed by atoms with Gasteiger partial charge >= 0.3 is 0 Å². The smallest absolute Gasteiger partial charge is 0.231 e. The molecular weight excluding hydrogens is 198 g/mol. The Kier molecular flexibility index (Phi) is 4.41. The predicted octanol–water partition coefficient (Wildman–Crippen LogP) is 1.77. The Labute approximate surface area is 88.6 Å². The van der Waals surface area contributed by atoms with Crippen LogP contribution in [-0.2, 0) is 5.75 Å². The number of thioether (sulfide) groups is 1. The zero-order valence-electron chi connectivity index (χ0n) is 8.86. The molecule has 0 spiro atoms. The molecule has 2 unspecified atom stereocenters. The first-order chi connectivity index (χ1) is 6.69. The van der Waals surface area contributed by atoms with Crippen LogP contribution in [0.3, 0.4) is 0 Å². The molecule has 0 fully saturated rings. The van der Waals surface area contributed by atoms with Gasteiger partial charge in [-0.05, 0) is 12.7 Å². The molecule has 0 aromatic carbocycles. The van der Waals surface area contributed by atoms with E-state index in [1.54, 1.807) is 11.8 Å². The Morgan fingerprint density at radius 1 is 1.57 bits per heavy atom. The average molecular weight is 215 g/mol. The molecule has 5 heteroatoms. The summed E-state index contributed by atoms with van der Waals surface area (Å²) in [6.45, 7) is 4.07. The predicted molar refractivity (Wildman–Crippen MR) is 58.2 cm³/mol. The average Bonchev–Trinajstić information content (AvgIpc) is 2.64. The van der Waals surface area contributed by atoms with Crippen molar-refractivity contribution in [3.8, 4) is 0 Å². The van der Waals surface area contributed by atoms with Gasteiger partial charge in [0.05, 0.1) is 11.7 Å². The molecule has 0 aliphatic carbocycles. The number of hydrogen-bond acceptors (Lipinski definition) is 5. The van der Waals surface area contributed by atoms with Crippen molar-refractivity contribution >= 4 is 11.8 Å². The van der Waals surface area contributed by atoms with Crippen LogP contribution in [0.5, 0.6) is 0 Å². The second-order valence-corrected chi connectivity index (χ2v) is 4.21. The van der Waals surface area contributed by atoms with Crippen LogP contribution in [0, 0.1) is 0 Å². The van der Waals surface area contributed by atoms with Crippen LogP contribution in [0.2, 0.25) is 0 Å². The first-order valence-corrected chi connectivity index (χ1v) is 6.15. The van der Waals surface area contributed by atoms with Gasteiger partial charge in [0, 0.05) is 6.04 Å². The number of aromatic nitrogens is 2. The Morgan fingerprint density at radius 2 is 2.29 bits per heavy atom. The highest BCUT2D eigenvalue weighted by Crippen LogP contribution is 2.18. The Balaban J connectivity index is 2.65. The summed E-state index contributed by atoms with van der Waals surface area (Å²) in [7, 11) is 0. The van der Waals surface area contributed by atoms with Crippen LogP contribution >= 0.6 is 11.8 Å². The minimum absolute atomic E-state index is 0.0950. The number of rotatable bonds is 5. The van der Waals surface area contributed by atoms with Crippen LogP contribution in [0.15, 0.2) is 4.52 Å². The molecule has 1 aromatic rings. The monoisotopic (exact) mass is 215 g/mol. The molecule has 1 rings (SSSR count). The van der Waals surface area contributed by atoms with Gasteiger partial charge in [0.2, 0.25) is 5.89 Å². The first-order valence-electron chi connectivity index (χ1n) is 4.76.